The van der Waals surface area contributed by atoms with Gasteiger partial charge in [0.2, 0.25) is 0 Å². The van der Waals surface area contributed by atoms with Crippen LogP contribution in [0.1, 0.15) is 11.4 Å². The summed E-state index contributed by atoms with van der Waals surface area (Å²) in [4.78, 5) is 14.1. The van der Waals surface area contributed by atoms with E-state index in [1.807, 2.05) is 12.1 Å². The molecule has 0 saturated carbocycles. The van der Waals surface area contributed by atoms with Crippen LogP contribution in [0.2, 0.25) is 0 Å². The Hall–Kier alpha value is -0.940. The summed E-state index contributed by atoms with van der Waals surface area (Å²) in [6, 6.07) is 3.65. The van der Waals surface area contributed by atoms with Crippen LogP contribution in [0.4, 0.5) is 0 Å². The highest BCUT2D eigenvalue weighted by atomic mass is 79.9. The molecule has 0 aromatic carbocycles. The van der Waals surface area contributed by atoms with Crippen LogP contribution >= 0.6 is 15.9 Å². The highest BCUT2D eigenvalue weighted by molar-refractivity contribution is 9.10. The highest BCUT2D eigenvalue weighted by Gasteiger charge is 2.02. The second kappa shape index (κ2) is 4.94. The fourth-order valence-corrected chi connectivity index (χ4v) is 1.19. The predicted octanol–water partition coefficient (Wildman–Crippen LogP) is 0.976. The summed E-state index contributed by atoms with van der Waals surface area (Å²) in [5.41, 5.74) is 6.86. The molecular formula is C8H9BrN2O2. The minimum absolute atomic E-state index is 0.165. The molecule has 0 aliphatic rings. The third-order valence-corrected chi connectivity index (χ3v) is 2.20. The number of rotatable bonds is 4. The second-order valence-corrected chi connectivity index (χ2v) is 3.20. The Labute approximate surface area is 84.2 Å². The first-order chi connectivity index (χ1) is 6.27. The number of nitrogens with two attached hydrogens (primary N) is 1. The minimum atomic E-state index is 0.165. The van der Waals surface area contributed by atoms with E-state index < -0.39 is 0 Å². The van der Waals surface area contributed by atoms with Crippen LogP contribution in [-0.2, 0) is 22.7 Å². The summed E-state index contributed by atoms with van der Waals surface area (Å²) in [6.07, 6.45) is 0. The summed E-state index contributed by atoms with van der Waals surface area (Å²) in [6.45, 7) is 0.933. The smallest absolute Gasteiger partial charge is 0.293 e. The highest BCUT2D eigenvalue weighted by Crippen LogP contribution is 2.15. The molecule has 1 heterocycles. The van der Waals surface area contributed by atoms with Crippen molar-refractivity contribution in [3.8, 4) is 0 Å². The molecule has 0 aliphatic heterocycles. The van der Waals surface area contributed by atoms with E-state index in [0.717, 1.165) is 10.2 Å². The third kappa shape index (κ3) is 2.78. The zero-order valence-corrected chi connectivity index (χ0v) is 8.45. The van der Waals surface area contributed by atoms with Crippen molar-refractivity contribution in [3.05, 3.63) is 28.0 Å². The Morgan fingerprint density at radius 1 is 1.62 bits per heavy atom. The van der Waals surface area contributed by atoms with Crippen LogP contribution in [0.3, 0.4) is 0 Å². The number of hydrogen-bond acceptors (Lipinski definition) is 4. The lowest BCUT2D eigenvalue weighted by atomic mass is 10.3. The Morgan fingerprint density at radius 2 is 2.38 bits per heavy atom. The molecule has 0 unspecified atom stereocenters. The summed E-state index contributed by atoms with van der Waals surface area (Å²) >= 11 is 3.29. The van der Waals surface area contributed by atoms with Crippen molar-refractivity contribution in [1.82, 2.24) is 4.98 Å². The fraction of sp³-hybridized carbons (Fsp3) is 0.250. The number of carbonyl (C=O) groups excluding carboxylic acids is 1. The van der Waals surface area contributed by atoms with Crippen molar-refractivity contribution in [2.75, 3.05) is 0 Å². The quantitative estimate of drug-likeness (QED) is 0.803. The number of nitrogens with zero attached hydrogens (tertiary/aromatic N) is 1. The average Bonchev–Trinajstić information content (AvgIpc) is 2.17. The van der Waals surface area contributed by atoms with Gasteiger partial charge in [0.05, 0.1) is 11.4 Å². The SMILES string of the molecule is NCc1ccc(Br)c(COC=O)n1. The Balaban J connectivity index is 2.83. The molecule has 13 heavy (non-hydrogen) atoms. The van der Waals surface area contributed by atoms with Crippen LogP contribution in [0.25, 0.3) is 0 Å². The molecule has 0 fully saturated rings. The van der Waals surface area contributed by atoms with Gasteiger partial charge in [0.1, 0.15) is 6.61 Å². The largest absolute Gasteiger partial charge is 0.461 e. The monoisotopic (exact) mass is 244 g/mol. The summed E-state index contributed by atoms with van der Waals surface area (Å²) in [5.74, 6) is 0. The molecule has 4 nitrogen and oxygen atoms in total. The van der Waals surface area contributed by atoms with E-state index in [2.05, 4.69) is 25.7 Å². The molecule has 0 saturated heterocycles. The lowest BCUT2D eigenvalue weighted by Crippen LogP contribution is -2.03. The molecule has 2 N–H and O–H groups in total. The van der Waals surface area contributed by atoms with Crippen LogP contribution in [0.5, 0.6) is 0 Å². The van der Waals surface area contributed by atoms with Gasteiger partial charge in [0.15, 0.2) is 0 Å². The van der Waals surface area contributed by atoms with E-state index in [9.17, 15) is 4.79 Å². The normalized spacial score (nSPS) is 9.69. The predicted molar refractivity (Wildman–Crippen MR) is 50.7 cm³/mol. The summed E-state index contributed by atoms with van der Waals surface area (Å²) < 4.78 is 5.40. The van der Waals surface area contributed by atoms with Gasteiger partial charge in [0.25, 0.3) is 6.47 Å². The maximum absolute atomic E-state index is 9.95. The van der Waals surface area contributed by atoms with Crippen molar-refractivity contribution < 1.29 is 9.53 Å². The number of pyridine rings is 1. The van der Waals surface area contributed by atoms with Crippen LogP contribution in [0, 0.1) is 0 Å². The molecule has 70 valence electrons. The van der Waals surface area contributed by atoms with Gasteiger partial charge in [-0.2, -0.15) is 0 Å². The zero-order valence-electron chi connectivity index (χ0n) is 6.87. The number of aromatic nitrogens is 1. The van der Waals surface area contributed by atoms with Crippen molar-refractivity contribution in [2.24, 2.45) is 5.73 Å². The topological polar surface area (TPSA) is 65.2 Å². The molecule has 0 amide bonds. The lowest BCUT2D eigenvalue weighted by molar-refractivity contribution is -0.129. The van der Waals surface area contributed by atoms with Gasteiger partial charge in [-0.05, 0) is 28.1 Å². The minimum Gasteiger partial charge on any atom is -0.461 e. The lowest BCUT2D eigenvalue weighted by Gasteiger charge is -2.03. The first-order valence-electron chi connectivity index (χ1n) is 3.67. The van der Waals surface area contributed by atoms with Gasteiger partial charge < -0.3 is 10.5 Å². The second-order valence-electron chi connectivity index (χ2n) is 2.34. The Bertz CT molecular complexity index is 304. The van der Waals surface area contributed by atoms with E-state index in [0.29, 0.717) is 18.7 Å². The summed E-state index contributed by atoms with van der Waals surface area (Å²) in [7, 11) is 0. The van der Waals surface area contributed by atoms with Gasteiger partial charge in [0, 0.05) is 11.0 Å². The number of carbonyl (C=O) groups is 1. The van der Waals surface area contributed by atoms with E-state index >= 15 is 0 Å². The first kappa shape index (κ1) is 10.1. The molecule has 1 aromatic heterocycles. The molecule has 0 aliphatic carbocycles. The molecular weight excluding hydrogens is 236 g/mol. The van der Waals surface area contributed by atoms with Crippen LogP contribution in [-0.4, -0.2) is 11.5 Å². The number of halogens is 1. The molecule has 0 radical (unpaired) electrons. The van der Waals surface area contributed by atoms with Crippen molar-refractivity contribution >= 4 is 22.4 Å². The number of ether oxygens (including phenoxy) is 1. The van der Waals surface area contributed by atoms with Gasteiger partial charge >= 0.3 is 0 Å². The molecule has 5 heteroatoms. The van der Waals surface area contributed by atoms with Crippen LogP contribution < -0.4 is 5.73 Å². The van der Waals surface area contributed by atoms with Gasteiger partial charge in [-0.15, -0.1) is 0 Å². The van der Waals surface area contributed by atoms with Gasteiger partial charge in [-0.3, -0.25) is 9.78 Å². The standard InChI is InChI=1S/C8H9BrN2O2/c9-7-2-1-6(3-10)11-8(7)4-13-5-12/h1-2,5H,3-4,10H2. The summed E-state index contributed by atoms with van der Waals surface area (Å²) in [5, 5.41) is 0. The van der Waals surface area contributed by atoms with E-state index in [4.69, 9.17) is 5.73 Å². The Kier molecular flexibility index (Phi) is 3.85. The third-order valence-electron chi connectivity index (χ3n) is 1.47. The molecule has 0 bridgehead atoms. The van der Waals surface area contributed by atoms with Crippen molar-refractivity contribution in [3.63, 3.8) is 0 Å². The van der Waals surface area contributed by atoms with Crippen molar-refractivity contribution in [1.29, 1.82) is 0 Å². The van der Waals surface area contributed by atoms with E-state index in [-0.39, 0.29) is 6.61 Å². The maximum Gasteiger partial charge on any atom is 0.293 e. The fourth-order valence-electron chi connectivity index (χ4n) is 0.857. The van der Waals surface area contributed by atoms with E-state index in [1.165, 1.54) is 0 Å². The van der Waals surface area contributed by atoms with Gasteiger partial charge in [-0.1, -0.05) is 0 Å². The molecule has 0 atom stereocenters. The van der Waals surface area contributed by atoms with Gasteiger partial charge in [-0.25, -0.2) is 0 Å². The average molecular weight is 245 g/mol. The maximum atomic E-state index is 9.95. The van der Waals surface area contributed by atoms with E-state index in [1.54, 1.807) is 0 Å². The molecule has 1 rings (SSSR count). The zero-order chi connectivity index (χ0) is 9.68. The van der Waals surface area contributed by atoms with Crippen LogP contribution in [0.15, 0.2) is 16.6 Å². The molecule has 1 aromatic rings. The first-order valence-corrected chi connectivity index (χ1v) is 4.47. The number of hydrogen-bond donors (Lipinski definition) is 1. The Morgan fingerprint density at radius 3 is 3.00 bits per heavy atom. The molecule has 0 spiro atoms. The van der Waals surface area contributed by atoms with Crippen molar-refractivity contribution in [2.45, 2.75) is 13.2 Å².